The molecule has 1 aromatic carbocycles. The van der Waals surface area contributed by atoms with Gasteiger partial charge in [0.1, 0.15) is 5.82 Å². The van der Waals surface area contributed by atoms with Crippen LogP contribution >= 0.6 is 0 Å². The molecule has 3 nitrogen and oxygen atoms in total. The van der Waals surface area contributed by atoms with Gasteiger partial charge in [0.15, 0.2) is 0 Å². The summed E-state index contributed by atoms with van der Waals surface area (Å²) < 4.78 is 13.0. The average molecular weight is 227 g/mol. The smallest absolute Gasteiger partial charge is 0.123 e. The molecular formula is C12H18FNO2. The number of aliphatic hydroxyl groups is 2. The van der Waals surface area contributed by atoms with Crippen LogP contribution in [0.25, 0.3) is 0 Å². The topological polar surface area (TPSA) is 52.5 Å². The van der Waals surface area contributed by atoms with Crippen molar-refractivity contribution in [3.05, 3.63) is 35.6 Å². The molecule has 0 saturated carbocycles. The maximum Gasteiger partial charge on any atom is 0.123 e. The molecule has 16 heavy (non-hydrogen) atoms. The van der Waals surface area contributed by atoms with Gasteiger partial charge in [-0.1, -0.05) is 19.1 Å². The lowest BCUT2D eigenvalue weighted by Gasteiger charge is -2.22. The molecular weight excluding hydrogens is 209 g/mol. The fraction of sp³-hybridized carbons (Fsp3) is 0.500. The molecule has 0 aliphatic rings. The largest absolute Gasteiger partial charge is 0.395 e. The highest BCUT2D eigenvalue weighted by molar-refractivity contribution is 5.20. The highest BCUT2D eigenvalue weighted by Gasteiger charge is 2.14. The first-order valence-electron chi connectivity index (χ1n) is 5.44. The van der Waals surface area contributed by atoms with Crippen molar-refractivity contribution in [1.29, 1.82) is 0 Å². The van der Waals surface area contributed by atoms with E-state index in [2.05, 4.69) is 5.32 Å². The second-order valence-electron chi connectivity index (χ2n) is 3.74. The minimum absolute atomic E-state index is 0.0556. The maximum absolute atomic E-state index is 13.0. The molecule has 0 heterocycles. The molecule has 0 amide bonds. The Balaban J connectivity index is 2.74. The third-order valence-corrected chi connectivity index (χ3v) is 2.54. The Morgan fingerprint density at radius 1 is 1.31 bits per heavy atom. The van der Waals surface area contributed by atoms with Crippen LogP contribution in [0.15, 0.2) is 24.3 Å². The summed E-state index contributed by atoms with van der Waals surface area (Å²) in [5.41, 5.74) is 0.828. The molecule has 0 aromatic heterocycles. The quantitative estimate of drug-likeness (QED) is 0.685. The van der Waals surface area contributed by atoms with E-state index in [1.54, 1.807) is 6.07 Å². The van der Waals surface area contributed by atoms with Crippen molar-refractivity contribution in [2.75, 3.05) is 13.2 Å². The minimum Gasteiger partial charge on any atom is -0.395 e. The van der Waals surface area contributed by atoms with Crippen molar-refractivity contribution < 1.29 is 14.6 Å². The summed E-state index contributed by atoms with van der Waals surface area (Å²) in [6.07, 6.45) is 0.764. The number of aliphatic hydroxyl groups excluding tert-OH is 2. The number of halogens is 1. The monoisotopic (exact) mass is 227 g/mol. The molecule has 0 aliphatic heterocycles. The first-order valence-corrected chi connectivity index (χ1v) is 5.44. The van der Waals surface area contributed by atoms with Crippen LogP contribution in [0.2, 0.25) is 0 Å². The molecule has 0 fully saturated rings. The molecule has 4 heteroatoms. The molecule has 1 unspecified atom stereocenters. The molecule has 0 saturated heterocycles. The summed E-state index contributed by atoms with van der Waals surface area (Å²) in [7, 11) is 0. The maximum atomic E-state index is 13.0. The van der Waals surface area contributed by atoms with Crippen LogP contribution < -0.4 is 5.32 Å². The van der Waals surface area contributed by atoms with Gasteiger partial charge in [-0.2, -0.15) is 0 Å². The van der Waals surface area contributed by atoms with E-state index < -0.39 is 0 Å². The molecule has 0 bridgehead atoms. The molecule has 0 spiro atoms. The standard InChI is InChI=1S/C12H18FNO2/c1-2-12(14-11(7-15)8-16)9-4-3-5-10(13)6-9/h3-6,11-12,14-16H,2,7-8H2,1H3. The van der Waals surface area contributed by atoms with Gasteiger partial charge in [-0.05, 0) is 24.1 Å². The minimum atomic E-state index is -0.367. The van der Waals surface area contributed by atoms with Gasteiger partial charge in [-0.15, -0.1) is 0 Å². The van der Waals surface area contributed by atoms with Crippen LogP contribution in [0.4, 0.5) is 4.39 Å². The fourth-order valence-electron chi connectivity index (χ4n) is 1.62. The zero-order chi connectivity index (χ0) is 12.0. The Hall–Kier alpha value is -0.970. The molecule has 0 aliphatic carbocycles. The zero-order valence-electron chi connectivity index (χ0n) is 9.36. The summed E-state index contributed by atoms with van der Waals surface area (Å²) in [6, 6.07) is 5.92. The third kappa shape index (κ3) is 3.56. The van der Waals surface area contributed by atoms with E-state index in [9.17, 15) is 4.39 Å². The van der Waals surface area contributed by atoms with Crippen molar-refractivity contribution in [2.45, 2.75) is 25.4 Å². The number of rotatable bonds is 6. The van der Waals surface area contributed by atoms with E-state index in [1.165, 1.54) is 12.1 Å². The van der Waals surface area contributed by atoms with Gasteiger partial charge < -0.3 is 15.5 Å². The van der Waals surface area contributed by atoms with Crippen LogP contribution in [0.5, 0.6) is 0 Å². The first-order chi connectivity index (χ1) is 7.71. The molecule has 1 aromatic rings. The Labute approximate surface area is 94.9 Å². The van der Waals surface area contributed by atoms with Crippen molar-refractivity contribution in [3.63, 3.8) is 0 Å². The highest BCUT2D eigenvalue weighted by Crippen LogP contribution is 2.17. The average Bonchev–Trinajstić information content (AvgIpc) is 2.31. The SMILES string of the molecule is CCC(NC(CO)CO)c1cccc(F)c1. The lowest BCUT2D eigenvalue weighted by Crippen LogP contribution is -2.38. The number of hydrogen-bond donors (Lipinski definition) is 3. The Kier molecular flexibility index (Phi) is 5.38. The van der Waals surface area contributed by atoms with E-state index in [4.69, 9.17) is 10.2 Å². The summed E-state index contributed by atoms with van der Waals surface area (Å²) >= 11 is 0. The van der Waals surface area contributed by atoms with Gasteiger partial charge in [0.25, 0.3) is 0 Å². The molecule has 90 valence electrons. The first kappa shape index (κ1) is 13.1. The van der Waals surface area contributed by atoms with E-state index in [0.29, 0.717) is 0 Å². The van der Waals surface area contributed by atoms with Gasteiger partial charge in [0.2, 0.25) is 0 Å². The van der Waals surface area contributed by atoms with Crippen molar-refractivity contribution in [1.82, 2.24) is 5.32 Å². The van der Waals surface area contributed by atoms with E-state index >= 15 is 0 Å². The predicted molar refractivity (Wildman–Crippen MR) is 60.5 cm³/mol. The van der Waals surface area contributed by atoms with Crippen molar-refractivity contribution in [2.24, 2.45) is 0 Å². The predicted octanol–water partition coefficient (Wildman–Crippen LogP) is 1.22. The summed E-state index contributed by atoms with van der Waals surface area (Å²) in [4.78, 5) is 0. The van der Waals surface area contributed by atoms with Gasteiger partial charge in [0.05, 0.1) is 19.3 Å². The Morgan fingerprint density at radius 3 is 2.50 bits per heavy atom. The lowest BCUT2D eigenvalue weighted by atomic mass is 10.0. The highest BCUT2D eigenvalue weighted by atomic mass is 19.1. The molecule has 1 atom stereocenters. The number of benzene rings is 1. The van der Waals surface area contributed by atoms with Gasteiger partial charge in [-0.3, -0.25) is 0 Å². The summed E-state index contributed by atoms with van der Waals surface area (Å²) in [6.45, 7) is 1.69. The number of nitrogens with one attached hydrogen (secondary N) is 1. The summed E-state index contributed by atoms with van der Waals surface area (Å²) in [5, 5.41) is 21.0. The number of hydrogen-bond acceptors (Lipinski definition) is 3. The van der Waals surface area contributed by atoms with Gasteiger partial charge in [0, 0.05) is 6.04 Å². The van der Waals surface area contributed by atoms with E-state index in [1.807, 2.05) is 13.0 Å². The van der Waals surface area contributed by atoms with E-state index in [-0.39, 0.29) is 31.1 Å². The van der Waals surface area contributed by atoms with Crippen LogP contribution in [0, 0.1) is 5.82 Å². The van der Waals surface area contributed by atoms with Crippen LogP contribution in [-0.4, -0.2) is 29.5 Å². The van der Waals surface area contributed by atoms with Crippen LogP contribution in [0.3, 0.4) is 0 Å². The molecule has 3 N–H and O–H groups in total. The van der Waals surface area contributed by atoms with Crippen LogP contribution in [-0.2, 0) is 0 Å². The van der Waals surface area contributed by atoms with Crippen LogP contribution in [0.1, 0.15) is 24.9 Å². The normalized spacial score (nSPS) is 13.1. The summed E-state index contributed by atoms with van der Waals surface area (Å²) in [5.74, 6) is -0.276. The fourth-order valence-corrected chi connectivity index (χ4v) is 1.62. The van der Waals surface area contributed by atoms with Gasteiger partial charge in [-0.25, -0.2) is 4.39 Å². The van der Waals surface area contributed by atoms with Crippen molar-refractivity contribution in [3.8, 4) is 0 Å². The zero-order valence-corrected chi connectivity index (χ0v) is 9.36. The third-order valence-electron chi connectivity index (χ3n) is 2.54. The Morgan fingerprint density at radius 2 is 2.00 bits per heavy atom. The van der Waals surface area contributed by atoms with E-state index in [0.717, 1.165) is 12.0 Å². The van der Waals surface area contributed by atoms with Crippen molar-refractivity contribution >= 4 is 0 Å². The molecule has 0 radical (unpaired) electrons. The van der Waals surface area contributed by atoms with Gasteiger partial charge >= 0.3 is 0 Å². The Bertz CT molecular complexity index is 316. The second kappa shape index (κ2) is 6.58. The lowest BCUT2D eigenvalue weighted by molar-refractivity contribution is 0.161. The molecule has 1 rings (SSSR count). The second-order valence-corrected chi connectivity index (χ2v) is 3.74.